The maximum atomic E-state index is 11.8. The highest BCUT2D eigenvalue weighted by molar-refractivity contribution is 5.92. The molecule has 2 heterocycles. The number of rotatable bonds is 5. The zero-order chi connectivity index (χ0) is 13.5. The van der Waals surface area contributed by atoms with Crippen LogP contribution in [0.1, 0.15) is 10.5 Å². The Morgan fingerprint density at radius 1 is 1.37 bits per heavy atom. The fourth-order valence-electron chi connectivity index (χ4n) is 1.77. The van der Waals surface area contributed by atoms with E-state index in [0.717, 1.165) is 32.8 Å². The number of carbonyl (C=O) groups excluding carboxylic acids is 1. The van der Waals surface area contributed by atoms with Crippen molar-refractivity contribution in [3.63, 3.8) is 0 Å². The maximum absolute atomic E-state index is 11.8. The SMILES string of the molecule is NNc1ccc(C(=O)NCCN2CCOCC2)nn1. The zero-order valence-electron chi connectivity index (χ0n) is 10.6. The minimum Gasteiger partial charge on any atom is -0.379 e. The van der Waals surface area contributed by atoms with E-state index in [4.69, 9.17) is 10.6 Å². The number of hydrogen-bond donors (Lipinski definition) is 3. The van der Waals surface area contributed by atoms with E-state index < -0.39 is 0 Å². The molecular formula is C11H18N6O2. The number of ether oxygens (including phenoxy) is 1. The lowest BCUT2D eigenvalue weighted by atomic mass is 10.3. The number of morpholine rings is 1. The fourth-order valence-corrected chi connectivity index (χ4v) is 1.77. The van der Waals surface area contributed by atoms with Gasteiger partial charge in [0.2, 0.25) is 0 Å². The molecule has 0 aliphatic carbocycles. The minimum atomic E-state index is -0.232. The molecule has 2 rings (SSSR count). The van der Waals surface area contributed by atoms with Crippen molar-refractivity contribution in [1.82, 2.24) is 20.4 Å². The number of nitrogens with zero attached hydrogens (tertiary/aromatic N) is 3. The molecule has 8 nitrogen and oxygen atoms in total. The molecule has 19 heavy (non-hydrogen) atoms. The molecule has 1 aliphatic heterocycles. The molecule has 1 amide bonds. The van der Waals surface area contributed by atoms with Crippen LogP contribution in [0.5, 0.6) is 0 Å². The summed E-state index contributed by atoms with van der Waals surface area (Å²) in [6.45, 7) is 4.72. The molecule has 1 aromatic rings. The van der Waals surface area contributed by atoms with Crippen LogP contribution in [-0.2, 0) is 4.74 Å². The van der Waals surface area contributed by atoms with Crippen LogP contribution in [0.4, 0.5) is 5.82 Å². The predicted molar refractivity (Wildman–Crippen MR) is 69.4 cm³/mol. The number of hydrogen-bond acceptors (Lipinski definition) is 7. The highest BCUT2D eigenvalue weighted by Crippen LogP contribution is 2.00. The van der Waals surface area contributed by atoms with Crippen LogP contribution in [0.2, 0.25) is 0 Å². The van der Waals surface area contributed by atoms with Gasteiger partial charge >= 0.3 is 0 Å². The average molecular weight is 266 g/mol. The van der Waals surface area contributed by atoms with Gasteiger partial charge in [0, 0.05) is 26.2 Å². The molecule has 104 valence electrons. The summed E-state index contributed by atoms with van der Waals surface area (Å²) in [6, 6.07) is 3.18. The summed E-state index contributed by atoms with van der Waals surface area (Å²) in [7, 11) is 0. The van der Waals surface area contributed by atoms with Gasteiger partial charge in [-0.1, -0.05) is 0 Å². The van der Waals surface area contributed by atoms with E-state index in [-0.39, 0.29) is 11.6 Å². The molecule has 1 aromatic heterocycles. The van der Waals surface area contributed by atoms with Gasteiger partial charge in [-0.2, -0.15) is 0 Å². The van der Waals surface area contributed by atoms with Crippen LogP contribution < -0.4 is 16.6 Å². The van der Waals surface area contributed by atoms with Gasteiger partial charge in [0.1, 0.15) is 0 Å². The Kier molecular flexibility index (Phi) is 5.01. The standard InChI is InChI=1S/C11H18N6O2/c12-14-10-2-1-9(15-16-10)11(18)13-3-4-17-5-7-19-8-6-17/h1-2H,3-8,12H2,(H,13,18)(H,14,16). The van der Waals surface area contributed by atoms with Crippen molar-refractivity contribution in [3.05, 3.63) is 17.8 Å². The molecule has 0 atom stereocenters. The quantitative estimate of drug-likeness (QED) is 0.455. The number of anilines is 1. The Bertz CT molecular complexity index is 404. The van der Waals surface area contributed by atoms with Crippen molar-refractivity contribution >= 4 is 11.7 Å². The van der Waals surface area contributed by atoms with Crippen LogP contribution >= 0.6 is 0 Å². The first-order valence-corrected chi connectivity index (χ1v) is 6.18. The number of nitrogens with two attached hydrogens (primary N) is 1. The first-order valence-electron chi connectivity index (χ1n) is 6.18. The molecule has 0 aromatic carbocycles. The second-order valence-electron chi connectivity index (χ2n) is 4.16. The molecule has 8 heteroatoms. The Morgan fingerprint density at radius 2 is 2.16 bits per heavy atom. The largest absolute Gasteiger partial charge is 0.379 e. The lowest BCUT2D eigenvalue weighted by Gasteiger charge is -2.26. The van der Waals surface area contributed by atoms with E-state index >= 15 is 0 Å². The normalized spacial score (nSPS) is 16.1. The van der Waals surface area contributed by atoms with Gasteiger partial charge in [-0.3, -0.25) is 9.69 Å². The third-order valence-corrected chi connectivity index (χ3v) is 2.86. The molecule has 1 aliphatic rings. The summed E-state index contributed by atoms with van der Waals surface area (Å²) in [5.74, 6) is 5.36. The molecule has 4 N–H and O–H groups in total. The highest BCUT2D eigenvalue weighted by atomic mass is 16.5. The van der Waals surface area contributed by atoms with Gasteiger partial charge in [0.25, 0.3) is 5.91 Å². The van der Waals surface area contributed by atoms with E-state index in [1.54, 1.807) is 12.1 Å². The van der Waals surface area contributed by atoms with Gasteiger partial charge in [0.05, 0.1) is 13.2 Å². The summed E-state index contributed by atoms with van der Waals surface area (Å²) in [4.78, 5) is 14.0. The average Bonchev–Trinajstić information content (AvgIpc) is 2.48. The third kappa shape index (κ3) is 4.12. The fraction of sp³-hybridized carbons (Fsp3) is 0.545. The smallest absolute Gasteiger partial charge is 0.271 e. The molecule has 0 saturated carbocycles. The van der Waals surface area contributed by atoms with Crippen molar-refractivity contribution in [2.45, 2.75) is 0 Å². The second-order valence-corrected chi connectivity index (χ2v) is 4.16. The molecule has 1 fully saturated rings. The number of carbonyl (C=O) groups is 1. The van der Waals surface area contributed by atoms with Crippen LogP contribution in [0.3, 0.4) is 0 Å². The van der Waals surface area contributed by atoms with E-state index in [1.165, 1.54) is 0 Å². The van der Waals surface area contributed by atoms with Crippen molar-refractivity contribution in [2.75, 3.05) is 44.8 Å². The molecule has 0 unspecified atom stereocenters. The van der Waals surface area contributed by atoms with E-state index in [1.807, 2.05) is 0 Å². The first kappa shape index (κ1) is 13.7. The number of aromatic nitrogens is 2. The number of nitrogen functional groups attached to an aromatic ring is 1. The maximum Gasteiger partial charge on any atom is 0.271 e. The van der Waals surface area contributed by atoms with Gasteiger partial charge in [-0.15, -0.1) is 10.2 Å². The highest BCUT2D eigenvalue weighted by Gasteiger charge is 2.11. The zero-order valence-corrected chi connectivity index (χ0v) is 10.6. The Hall–Kier alpha value is -1.77. The number of nitrogens with one attached hydrogen (secondary N) is 2. The number of amides is 1. The molecule has 0 radical (unpaired) electrons. The topological polar surface area (TPSA) is 105 Å². The summed E-state index contributed by atoms with van der Waals surface area (Å²) in [5, 5.41) is 10.3. The molecular weight excluding hydrogens is 248 g/mol. The van der Waals surface area contributed by atoms with Crippen molar-refractivity contribution in [2.24, 2.45) is 5.84 Å². The van der Waals surface area contributed by atoms with Crippen LogP contribution in [0.15, 0.2) is 12.1 Å². The lowest BCUT2D eigenvalue weighted by molar-refractivity contribution is 0.0383. The van der Waals surface area contributed by atoms with E-state index in [0.29, 0.717) is 12.4 Å². The van der Waals surface area contributed by atoms with Gasteiger partial charge in [-0.25, -0.2) is 5.84 Å². The Morgan fingerprint density at radius 3 is 2.79 bits per heavy atom. The Balaban J connectivity index is 1.73. The Labute approximate surface area is 111 Å². The van der Waals surface area contributed by atoms with Crippen molar-refractivity contribution in [1.29, 1.82) is 0 Å². The number of hydrazine groups is 1. The third-order valence-electron chi connectivity index (χ3n) is 2.86. The van der Waals surface area contributed by atoms with Crippen molar-refractivity contribution < 1.29 is 9.53 Å². The molecule has 0 bridgehead atoms. The summed E-state index contributed by atoms with van der Waals surface area (Å²) >= 11 is 0. The minimum absolute atomic E-state index is 0.232. The first-order chi connectivity index (χ1) is 9.29. The van der Waals surface area contributed by atoms with E-state index in [2.05, 4.69) is 25.8 Å². The van der Waals surface area contributed by atoms with Crippen LogP contribution in [0.25, 0.3) is 0 Å². The van der Waals surface area contributed by atoms with Crippen LogP contribution in [-0.4, -0.2) is 60.4 Å². The molecule has 0 spiro atoms. The van der Waals surface area contributed by atoms with Gasteiger partial charge in [-0.05, 0) is 12.1 Å². The summed E-state index contributed by atoms with van der Waals surface area (Å²) < 4.78 is 5.25. The monoisotopic (exact) mass is 266 g/mol. The van der Waals surface area contributed by atoms with Gasteiger partial charge < -0.3 is 15.5 Å². The summed E-state index contributed by atoms with van der Waals surface area (Å²) in [6.07, 6.45) is 0. The second kappa shape index (κ2) is 6.98. The summed E-state index contributed by atoms with van der Waals surface area (Å²) in [5.41, 5.74) is 2.63. The van der Waals surface area contributed by atoms with Gasteiger partial charge in [0.15, 0.2) is 11.5 Å². The molecule has 1 saturated heterocycles. The van der Waals surface area contributed by atoms with Crippen LogP contribution in [0, 0.1) is 0 Å². The lowest BCUT2D eigenvalue weighted by Crippen LogP contribution is -2.41. The van der Waals surface area contributed by atoms with Crippen molar-refractivity contribution in [3.8, 4) is 0 Å². The predicted octanol–water partition coefficient (Wildman–Crippen LogP) is -1.18. The van der Waals surface area contributed by atoms with E-state index in [9.17, 15) is 4.79 Å².